The topological polar surface area (TPSA) is 55.1 Å². The van der Waals surface area contributed by atoms with Crippen molar-refractivity contribution >= 4 is 28.6 Å². The molecule has 0 atom stereocenters. The number of hydrogen-bond donors (Lipinski definition) is 2. The molecule has 0 saturated carbocycles. The maximum Gasteiger partial charge on any atom is 0.228 e. The molecule has 0 saturated heterocycles. The van der Waals surface area contributed by atoms with E-state index in [4.69, 9.17) is 5.73 Å². The summed E-state index contributed by atoms with van der Waals surface area (Å²) in [5.41, 5.74) is 9.20. The molecule has 1 amide bonds. The number of thiophene rings is 1. The van der Waals surface area contributed by atoms with Gasteiger partial charge in [-0.25, -0.2) is 0 Å². The van der Waals surface area contributed by atoms with E-state index in [9.17, 15) is 4.79 Å². The van der Waals surface area contributed by atoms with Gasteiger partial charge in [-0.3, -0.25) is 4.79 Å². The van der Waals surface area contributed by atoms with Gasteiger partial charge in [-0.15, -0.1) is 0 Å². The van der Waals surface area contributed by atoms with Crippen molar-refractivity contribution in [3.8, 4) is 0 Å². The zero-order chi connectivity index (χ0) is 12.3. The highest BCUT2D eigenvalue weighted by molar-refractivity contribution is 7.08. The van der Waals surface area contributed by atoms with Crippen molar-refractivity contribution in [1.29, 1.82) is 0 Å². The lowest BCUT2D eigenvalue weighted by atomic mass is 10.1. The van der Waals surface area contributed by atoms with Crippen LogP contribution in [-0.2, 0) is 11.2 Å². The Bertz CT molecular complexity index is 520. The van der Waals surface area contributed by atoms with Gasteiger partial charge in [-0.2, -0.15) is 11.3 Å². The SMILES string of the molecule is Cc1c(N)cccc1NC(=O)Cc1ccsc1. The van der Waals surface area contributed by atoms with Crippen LogP contribution in [0.2, 0.25) is 0 Å². The molecule has 0 aliphatic carbocycles. The van der Waals surface area contributed by atoms with Gasteiger partial charge in [0.2, 0.25) is 5.91 Å². The molecule has 88 valence electrons. The molecule has 0 aliphatic rings. The van der Waals surface area contributed by atoms with E-state index in [1.165, 1.54) is 0 Å². The van der Waals surface area contributed by atoms with Crippen molar-refractivity contribution in [2.75, 3.05) is 11.1 Å². The Labute approximate surface area is 104 Å². The highest BCUT2D eigenvalue weighted by Crippen LogP contribution is 2.20. The van der Waals surface area contributed by atoms with Crippen LogP contribution < -0.4 is 11.1 Å². The highest BCUT2D eigenvalue weighted by Gasteiger charge is 2.07. The van der Waals surface area contributed by atoms with Crippen LogP contribution in [0.4, 0.5) is 11.4 Å². The predicted molar refractivity (Wildman–Crippen MR) is 72.2 cm³/mol. The van der Waals surface area contributed by atoms with Gasteiger partial charge in [0, 0.05) is 11.4 Å². The van der Waals surface area contributed by atoms with Gasteiger partial charge in [0.05, 0.1) is 6.42 Å². The van der Waals surface area contributed by atoms with E-state index < -0.39 is 0 Å². The standard InChI is InChI=1S/C13H14N2OS/c1-9-11(14)3-2-4-12(9)15-13(16)7-10-5-6-17-8-10/h2-6,8H,7,14H2,1H3,(H,15,16). The maximum absolute atomic E-state index is 11.8. The van der Waals surface area contributed by atoms with Crippen LogP contribution in [0, 0.1) is 6.92 Å². The van der Waals surface area contributed by atoms with Gasteiger partial charge in [0.1, 0.15) is 0 Å². The summed E-state index contributed by atoms with van der Waals surface area (Å²) >= 11 is 1.59. The molecule has 2 aromatic rings. The Morgan fingerprint density at radius 3 is 2.94 bits per heavy atom. The van der Waals surface area contributed by atoms with Crippen LogP contribution in [0.3, 0.4) is 0 Å². The quantitative estimate of drug-likeness (QED) is 0.818. The first-order valence-electron chi connectivity index (χ1n) is 5.33. The zero-order valence-electron chi connectivity index (χ0n) is 9.57. The Kier molecular flexibility index (Phi) is 3.44. The number of nitrogens with two attached hydrogens (primary N) is 1. The molecule has 1 aromatic heterocycles. The van der Waals surface area contributed by atoms with Crippen molar-refractivity contribution in [1.82, 2.24) is 0 Å². The normalized spacial score (nSPS) is 10.2. The predicted octanol–water partition coefficient (Wildman–Crippen LogP) is 2.82. The maximum atomic E-state index is 11.8. The average Bonchev–Trinajstić information content (AvgIpc) is 2.77. The lowest BCUT2D eigenvalue weighted by Crippen LogP contribution is -2.15. The van der Waals surface area contributed by atoms with E-state index in [-0.39, 0.29) is 5.91 Å². The van der Waals surface area contributed by atoms with E-state index >= 15 is 0 Å². The molecule has 1 heterocycles. The van der Waals surface area contributed by atoms with Crippen LogP contribution in [0.25, 0.3) is 0 Å². The Morgan fingerprint density at radius 2 is 2.24 bits per heavy atom. The number of carbonyl (C=O) groups excluding carboxylic acids is 1. The van der Waals surface area contributed by atoms with Gasteiger partial charge in [-0.05, 0) is 47.0 Å². The Morgan fingerprint density at radius 1 is 1.41 bits per heavy atom. The number of amides is 1. The van der Waals surface area contributed by atoms with Crippen LogP contribution >= 0.6 is 11.3 Å². The number of hydrogen-bond acceptors (Lipinski definition) is 3. The molecule has 1 aromatic carbocycles. The third-order valence-corrected chi connectivity index (χ3v) is 3.33. The van der Waals surface area contributed by atoms with Crippen molar-refractivity contribution in [2.24, 2.45) is 0 Å². The molecule has 0 unspecified atom stereocenters. The summed E-state index contributed by atoms with van der Waals surface area (Å²) in [4.78, 5) is 11.8. The summed E-state index contributed by atoms with van der Waals surface area (Å²) in [6, 6.07) is 7.47. The van der Waals surface area contributed by atoms with Gasteiger partial charge < -0.3 is 11.1 Å². The van der Waals surface area contributed by atoms with Crippen LogP contribution in [0.5, 0.6) is 0 Å². The fourth-order valence-corrected chi connectivity index (χ4v) is 2.23. The largest absolute Gasteiger partial charge is 0.398 e. The smallest absolute Gasteiger partial charge is 0.228 e. The summed E-state index contributed by atoms with van der Waals surface area (Å²) in [6.45, 7) is 1.90. The molecule has 3 N–H and O–H groups in total. The zero-order valence-corrected chi connectivity index (χ0v) is 10.4. The molecular formula is C13H14N2OS. The lowest BCUT2D eigenvalue weighted by molar-refractivity contribution is -0.115. The van der Waals surface area contributed by atoms with Crippen LogP contribution in [-0.4, -0.2) is 5.91 Å². The summed E-state index contributed by atoms with van der Waals surface area (Å²) < 4.78 is 0. The van der Waals surface area contributed by atoms with Gasteiger partial charge >= 0.3 is 0 Å². The Balaban J connectivity index is 2.06. The van der Waals surface area contributed by atoms with Gasteiger partial charge in [0.15, 0.2) is 0 Å². The lowest BCUT2D eigenvalue weighted by Gasteiger charge is -2.09. The Hall–Kier alpha value is -1.81. The summed E-state index contributed by atoms with van der Waals surface area (Å²) in [6.07, 6.45) is 0.401. The minimum atomic E-state index is -0.0166. The minimum Gasteiger partial charge on any atom is -0.398 e. The number of anilines is 2. The number of carbonyl (C=O) groups is 1. The molecule has 0 bridgehead atoms. The second-order valence-corrected chi connectivity index (χ2v) is 4.66. The second kappa shape index (κ2) is 5.01. The van der Waals surface area contributed by atoms with Gasteiger partial charge in [0.25, 0.3) is 0 Å². The molecule has 3 nitrogen and oxygen atoms in total. The first-order valence-corrected chi connectivity index (χ1v) is 6.27. The third-order valence-electron chi connectivity index (χ3n) is 2.59. The summed E-state index contributed by atoms with van der Waals surface area (Å²) in [5, 5.41) is 6.82. The molecule has 2 rings (SSSR count). The fourth-order valence-electron chi connectivity index (χ4n) is 1.56. The molecular weight excluding hydrogens is 232 g/mol. The minimum absolute atomic E-state index is 0.0166. The second-order valence-electron chi connectivity index (χ2n) is 3.88. The van der Waals surface area contributed by atoms with Crippen molar-refractivity contribution in [3.05, 3.63) is 46.2 Å². The summed E-state index contributed by atoms with van der Waals surface area (Å²) in [5.74, 6) is -0.0166. The monoisotopic (exact) mass is 246 g/mol. The number of benzene rings is 1. The number of rotatable bonds is 3. The van der Waals surface area contributed by atoms with Gasteiger partial charge in [-0.1, -0.05) is 6.07 Å². The van der Waals surface area contributed by atoms with Crippen molar-refractivity contribution in [3.63, 3.8) is 0 Å². The molecule has 4 heteroatoms. The molecule has 0 radical (unpaired) electrons. The average molecular weight is 246 g/mol. The highest BCUT2D eigenvalue weighted by atomic mass is 32.1. The number of nitrogens with one attached hydrogen (secondary N) is 1. The first-order chi connectivity index (χ1) is 8.16. The van der Waals surface area contributed by atoms with Crippen LogP contribution in [0.1, 0.15) is 11.1 Å². The summed E-state index contributed by atoms with van der Waals surface area (Å²) in [7, 11) is 0. The van der Waals surface area contributed by atoms with E-state index in [1.54, 1.807) is 11.3 Å². The molecule has 0 fully saturated rings. The van der Waals surface area contributed by atoms with Crippen molar-refractivity contribution in [2.45, 2.75) is 13.3 Å². The molecule has 0 spiro atoms. The fraction of sp³-hybridized carbons (Fsp3) is 0.154. The third kappa shape index (κ3) is 2.85. The first kappa shape index (κ1) is 11.7. The van der Waals surface area contributed by atoms with E-state index in [0.29, 0.717) is 12.1 Å². The van der Waals surface area contributed by atoms with E-state index in [1.807, 2.05) is 41.9 Å². The van der Waals surface area contributed by atoms with E-state index in [0.717, 1.165) is 16.8 Å². The molecule has 17 heavy (non-hydrogen) atoms. The van der Waals surface area contributed by atoms with Crippen LogP contribution in [0.15, 0.2) is 35.0 Å². The number of nitrogen functional groups attached to an aromatic ring is 1. The van der Waals surface area contributed by atoms with E-state index in [2.05, 4.69) is 5.32 Å². The van der Waals surface area contributed by atoms with Crippen molar-refractivity contribution < 1.29 is 4.79 Å². The molecule has 0 aliphatic heterocycles.